The van der Waals surface area contributed by atoms with Crippen molar-refractivity contribution in [1.29, 1.82) is 0 Å². The van der Waals surface area contributed by atoms with Crippen molar-refractivity contribution in [3.8, 4) is 0 Å². The second kappa shape index (κ2) is 23.1. The molecule has 218 valence electrons. The van der Waals surface area contributed by atoms with Crippen molar-refractivity contribution in [3.63, 3.8) is 0 Å². The molecule has 0 N–H and O–H groups in total. The molecule has 0 saturated carbocycles. The van der Waals surface area contributed by atoms with Gasteiger partial charge in [0.1, 0.15) is 0 Å². The minimum atomic E-state index is 0. The monoisotopic (exact) mass is 722 g/mol. The molecule has 2 radical (unpaired) electrons. The molecule has 0 bridgehead atoms. The van der Waals surface area contributed by atoms with Crippen molar-refractivity contribution in [2.75, 3.05) is 0 Å². The standard InChI is InChI=1S/2C15H17.C6H5.CH3.2ClH.Ge.Zr/c2*1-4-13-6-5-7-14(10-13)15-9-11(2)8-12(15)3;1-2-4-6-5-3-1;;;;;/h2*5-7,9-11H,4H2,1-3H3;1-5H;1H3;2*1H;;/q4*-1;;;;. The number of aryl methyl sites for hydroxylation is 2. The Balaban J connectivity index is 0. The summed E-state index contributed by atoms with van der Waals surface area (Å²) in [4.78, 5) is 0. The van der Waals surface area contributed by atoms with Crippen LogP contribution in [0.4, 0.5) is 0 Å². The molecular formula is C37H44Cl2GeZr-4. The van der Waals surface area contributed by atoms with Crippen molar-refractivity contribution in [1.82, 2.24) is 0 Å². The second-order valence-electron chi connectivity index (χ2n) is 9.46. The number of hydrogen-bond donors (Lipinski definition) is 0. The Morgan fingerprint density at radius 1 is 0.659 bits per heavy atom. The molecule has 4 heteroatoms. The van der Waals surface area contributed by atoms with Gasteiger partial charge in [0.2, 0.25) is 0 Å². The molecule has 0 spiro atoms. The molecule has 0 heterocycles. The molecule has 0 saturated heterocycles. The predicted molar refractivity (Wildman–Crippen MR) is 183 cm³/mol. The Bertz CT molecular complexity index is 1160. The summed E-state index contributed by atoms with van der Waals surface area (Å²) in [6.45, 7) is 13.0. The van der Waals surface area contributed by atoms with Gasteiger partial charge in [0, 0.05) is 0 Å². The molecule has 0 aromatic heterocycles. The Morgan fingerprint density at radius 2 is 1.05 bits per heavy atom. The summed E-state index contributed by atoms with van der Waals surface area (Å²) in [6.07, 6.45) is 13.6. The third-order valence-corrected chi connectivity index (χ3v) is 6.43. The minimum Gasteiger partial charge on any atom is -0.184 e. The summed E-state index contributed by atoms with van der Waals surface area (Å²) in [5.74, 6) is 0.926. The zero-order valence-corrected chi connectivity index (χ0v) is 31.7. The van der Waals surface area contributed by atoms with Crippen LogP contribution < -0.4 is 0 Å². The van der Waals surface area contributed by atoms with E-state index in [0.29, 0.717) is 11.8 Å². The number of allylic oxidation sites excluding steroid dienone is 8. The molecule has 41 heavy (non-hydrogen) atoms. The summed E-state index contributed by atoms with van der Waals surface area (Å²) < 4.78 is 0. The van der Waals surface area contributed by atoms with Crippen molar-refractivity contribution in [2.24, 2.45) is 11.8 Å². The first-order valence-corrected chi connectivity index (χ1v) is 20.8. The molecule has 2 atom stereocenters. The van der Waals surface area contributed by atoms with Crippen LogP contribution in [0.25, 0.3) is 11.1 Å². The molecule has 2 aliphatic rings. The average molecular weight is 723 g/mol. The van der Waals surface area contributed by atoms with E-state index in [1.54, 1.807) is 21.6 Å². The zero-order chi connectivity index (χ0) is 27.9. The van der Waals surface area contributed by atoms with Gasteiger partial charge in [-0.1, -0.05) is 102 Å². The van der Waals surface area contributed by atoms with Gasteiger partial charge >= 0.3 is 33.7 Å². The molecule has 2 aliphatic carbocycles. The summed E-state index contributed by atoms with van der Waals surface area (Å²) >= 11 is 3.64. The maximum absolute atomic E-state index is 3.43. The third-order valence-electron chi connectivity index (χ3n) is 6.43. The van der Waals surface area contributed by atoms with Gasteiger partial charge in [-0.3, -0.25) is 12.2 Å². The van der Waals surface area contributed by atoms with E-state index >= 15 is 0 Å². The van der Waals surface area contributed by atoms with E-state index in [2.05, 4.69) is 133 Å². The van der Waals surface area contributed by atoms with E-state index in [-0.39, 0.29) is 32.2 Å². The Labute approximate surface area is 283 Å². The zero-order valence-electron chi connectivity index (χ0n) is 25.5. The first kappa shape index (κ1) is 41.8. The van der Waals surface area contributed by atoms with Gasteiger partial charge in [0.15, 0.2) is 0 Å². The summed E-state index contributed by atoms with van der Waals surface area (Å²) in [6, 6.07) is 30.1. The second-order valence-corrected chi connectivity index (χ2v) is 9.46. The number of rotatable bonds is 4. The molecule has 0 amide bonds. The predicted octanol–water partition coefficient (Wildman–Crippen LogP) is 10.5. The summed E-state index contributed by atoms with van der Waals surface area (Å²) in [5, 5.41) is 0. The van der Waals surface area contributed by atoms with Crippen LogP contribution in [0.2, 0.25) is 0 Å². The molecule has 0 nitrogen and oxygen atoms in total. The van der Waals surface area contributed by atoms with Crippen molar-refractivity contribution < 1.29 is 21.6 Å². The summed E-state index contributed by atoms with van der Waals surface area (Å²) in [7, 11) is 0. The van der Waals surface area contributed by atoms with Crippen molar-refractivity contribution >= 4 is 48.1 Å². The van der Waals surface area contributed by atoms with Crippen LogP contribution in [-0.4, -0.2) is 12.1 Å². The maximum Gasteiger partial charge on any atom is -0.171 e. The Morgan fingerprint density at radius 3 is 1.29 bits per heavy atom. The minimum absolute atomic E-state index is 0. The van der Waals surface area contributed by atoms with Gasteiger partial charge in [0.25, 0.3) is 0 Å². The number of hydrogen-bond acceptors (Lipinski definition) is 0. The number of benzene rings is 3. The van der Waals surface area contributed by atoms with Gasteiger partial charge in [-0.2, -0.15) is 59.7 Å². The summed E-state index contributed by atoms with van der Waals surface area (Å²) in [5.41, 5.74) is 10.8. The van der Waals surface area contributed by atoms with E-state index in [1.165, 1.54) is 44.5 Å². The Hall–Kier alpha value is -1.37. The molecule has 3 aromatic carbocycles. The van der Waals surface area contributed by atoms with Crippen LogP contribution in [0, 0.1) is 37.5 Å². The van der Waals surface area contributed by atoms with Crippen molar-refractivity contribution in [2.45, 2.75) is 54.4 Å². The SMILES string of the molecule is CCc1cccc(C2=CC(C)[C-]=C2C)c1.CCc1cccc(C2=CC(C)[C-]=C2C)c1.Cl.Cl.[CH3-].[Ge]=[Zr].[c-]1ccccc1. The maximum atomic E-state index is 3.43. The van der Waals surface area contributed by atoms with Crippen LogP contribution in [0.5, 0.6) is 0 Å². The van der Waals surface area contributed by atoms with E-state index in [0.717, 1.165) is 12.8 Å². The quantitative estimate of drug-likeness (QED) is 0.186. The fourth-order valence-electron chi connectivity index (χ4n) is 4.56. The van der Waals surface area contributed by atoms with Gasteiger partial charge in [-0.05, 0) is 24.0 Å². The normalized spacial score (nSPS) is 15.9. The molecule has 5 rings (SSSR count). The average Bonchev–Trinajstić information content (AvgIpc) is 3.50. The van der Waals surface area contributed by atoms with Gasteiger partial charge in [-0.25, -0.2) is 11.1 Å². The fraction of sp³-hybridized carbons (Fsp3) is 0.270. The number of halogens is 2. The van der Waals surface area contributed by atoms with E-state index in [4.69, 9.17) is 0 Å². The van der Waals surface area contributed by atoms with E-state index in [1.807, 2.05) is 30.3 Å². The molecular weight excluding hydrogens is 679 g/mol. The molecule has 0 aliphatic heterocycles. The van der Waals surface area contributed by atoms with E-state index in [9.17, 15) is 0 Å². The first-order valence-electron chi connectivity index (χ1n) is 13.4. The smallest absolute Gasteiger partial charge is 0.171 e. The van der Waals surface area contributed by atoms with Crippen LogP contribution >= 0.6 is 24.8 Å². The van der Waals surface area contributed by atoms with Gasteiger partial charge in [-0.15, -0.1) is 35.9 Å². The van der Waals surface area contributed by atoms with Crippen LogP contribution in [0.3, 0.4) is 0 Å². The fourth-order valence-corrected chi connectivity index (χ4v) is 4.56. The third kappa shape index (κ3) is 14.1. The first-order chi connectivity index (χ1) is 18.4. The van der Waals surface area contributed by atoms with Gasteiger partial charge in [0.05, 0.1) is 0 Å². The topological polar surface area (TPSA) is 0 Å². The molecule has 2 unspecified atom stereocenters. The Kier molecular flexibility index (Phi) is 23.6. The molecule has 0 fully saturated rings. The molecule has 3 aromatic rings. The van der Waals surface area contributed by atoms with E-state index < -0.39 is 0 Å². The van der Waals surface area contributed by atoms with Gasteiger partial charge < -0.3 is 7.43 Å². The van der Waals surface area contributed by atoms with Crippen LogP contribution in [0.15, 0.2) is 102 Å². The van der Waals surface area contributed by atoms with Crippen LogP contribution in [0.1, 0.15) is 63.8 Å². The van der Waals surface area contributed by atoms with Crippen LogP contribution in [-0.2, 0) is 34.4 Å². The van der Waals surface area contributed by atoms with Crippen molar-refractivity contribution in [3.05, 3.63) is 150 Å². The largest absolute Gasteiger partial charge is 0.184 e.